The highest BCUT2D eigenvalue weighted by molar-refractivity contribution is 9.10. The van der Waals surface area contributed by atoms with E-state index in [1.54, 1.807) is 18.3 Å². The number of carbonyl (C=O) groups excluding carboxylic acids is 1. The van der Waals surface area contributed by atoms with Crippen molar-refractivity contribution in [3.05, 3.63) is 46.1 Å². The Balaban J connectivity index is 2.14. The maximum Gasteiger partial charge on any atom is 0.256 e. The highest BCUT2D eigenvalue weighted by Crippen LogP contribution is 2.14. The molecule has 0 aliphatic heterocycles. The van der Waals surface area contributed by atoms with Gasteiger partial charge in [-0.3, -0.25) is 9.89 Å². The summed E-state index contributed by atoms with van der Waals surface area (Å²) in [6.45, 7) is 2.01. The van der Waals surface area contributed by atoms with Crippen molar-refractivity contribution in [2.24, 2.45) is 0 Å². The van der Waals surface area contributed by atoms with Crippen molar-refractivity contribution in [1.82, 2.24) is 10.2 Å². The Morgan fingerprint density at radius 2 is 2.12 bits per heavy atom. The number of hydrogen-bond acceptors (Lipinski definition) is 2. The fraction of sp³-hybridized carbons (Fsp3) is 0.167. The average Bonchev–Trinajstić information content (AvgIpc) is 2.77. The summed E-state index contributed by atoms with van der Waals surface area (Å²) in [7, 11) is 0. The third-order valence-electron chi connectivity index (χ3n) is 2.44. The number of aryl methyl sites for hydroxylation is 1. The van der Waals surface area contributed by atoms with Crippen LogP contribution in [0.25, 0.3) is 0 Å². The van der Waals surface area contributed by atoms with Crippen LogP contribution < -0.4 is 5.32 Å². The first-order valence-corrected chi connectivity index (χ1v) is 6.09. The predicted octanol–water partition coefficient (Wildman–Crippen LogP) is 2.99. The number of nitrogens with zero attached hydrogens (tertiary/aromatic N) is 1. The van der Waals surface area contributed by atoms with E-state index in [4.69, 9.17) is 0 Å². The quantitative estimate of drug-likeness (QED) is 0.914. The lowest BCUT2D eigenvalue weighted by atomic mass is 10.2. The summed E-state index contributed by atoms with van der Waals surface area (Å²) in [6, 6.07) is 7.20. The van der Waals surface area contributed by atoms with E-state index in [1.165, 1.54) is 0 Å². The molecule has 2 N–H and O–H groups in total. The first-order valence-electron chi connectivity index (χ1n) is 5.30. The molecule has 1 aromatic carbocycles. The second kappa shape index (κ2) is 5.14. The molecule has 0 radical (unpaired) electrons. The minimum Gasteiger partial charge on any atom is -0.307 e. The van der Waals surface area contributed by atoms with Gasteiger partial charge in [0.05, 0.1) is 6.20 Å². The van der Waals surface area contributed by atoms with Crippen molar-refractivity contribution in [2.45, 2.75) is 13.3 Å². The molecule has 0 fully saturated rings. The molecule has 0 saturated heterocycles. The summed E-state index contributed by atoms with van der Waals surface area (Å²) in [5.74, 6) is 0.525. The summed E-state index contributed by atoms with van der Waals surface area (Å²) in [5, 5.41) is 9.49. The third-order valence-corrected chi connectivity index (χ3v) is 2.97. The maximum absolute atomic E-state index is 11.9. The molecule has 1 heterocycles. The van der Waals surface area contributed by atoms with Crippen molar-refractivity contribution >= 4 is 27.7 Å². The zero-order valence-electron chi connectivity index (χ0n) is 9.33. The lowest BCUT2D eigenvalue weighted by Gasteiger charge is -2.04. The largest absolute Gasteiger partial charge is 0.307 e. The van der Waals surface area contributed by atoms with E-state index in [0.717, 1.165) is 16.5 Å². The lowest BCUT2D eigenvalue weighted by molar-refractivity contribution is 0.102. The van der Waals surface area contributed by atoms with Gasteiger partial charge in [-0.05, 0) is 30.7 Å². The first kappa shape index (κ1) is 11.9. The molecule has 0 saturated carbocycles. The van der Waals surface area contributed by atoms with Crippen LogP contribution in [0.1, 0.15) is 22.8 Å². The van der Waals surface area contributed by atoms with Crippen molar-refractivity contribution in [3.63, 3.8) is 0 Å². The Morgan fingerprint density at radius 1 is 1.41 bits per heavy atom. The van der Waals surface area contributed by atoms with Gasteiger partial charge in [0.25, 0.3) is 5.91 Å². The molecule has 0 aliphatic rings. The fourth-order valence-electron chi connectivity index (χ4n) is 1.47. The number of amides is 1. The normalized spacial score (nSPS) is 10.2. The average molecular weight is 294 g/mol. The Labute approximate surface area is 108 Å². The molecule has 17 heavy (non-hydrogen) atoms. The lowest BCUT2D eigenvalue weighted by Crippen LogP contribution is -2.13. The van der Waals surface area contributed by atoms with E-state index < -0.39 is 0 Å². The Hall–Kier alpha value is -1.62. The monoisotopic (exact) mass is 293 g/mol. The van der Waals surface area contributed by atoms with Crippen molar-refractivity contribution in [2.75, 3.05) is 5.32 Å². The summed E-state index contributed by atoms with van der Waals surface area (Å²) < 4.78 is 0.949. The van der Waals surface area contributed by atoms with Crippen LogP contribution in [0.5, 0.6) is 0 Å². The predicted molar refractivity (Wildman–Crippen MR) is 70.1 cm³/mol. The minimum absolute atomic E-state index is 0.142. The SMILES string of the molecule is CCc1cn[nH]c1NC(=O)c1ccc(Br)cc1. The smallest absolute Gasteiger partial charge is 0.256 e. The van der Waals surface area contributed by atoms with E-state index >= 15 is 0 Å². The number of anilines is 1. The van der Waals surface area contributed by atoms with Gasteiger partial charge in [-0.25, -0.2) is 0 Å². The number of aromatic amines is 1. The van der Waals surface area contributed by atoms with E-state index in [0.29, 0.717) is 11.4 Å². The molecule has 88 valence electrons. The summed E-state index contributed by atoms with van der Waals surface area (Å²) >= 11 is 3.33. The van der Waals surface area contributed by atoms with Gasteiger partial charge in [-0.15, -0.1) is 0 Å². The van der Waals surface area contributed by atoms with Crippen LogP contribution in [-0.2, 0) is 6.42 Å². The molecule has 1 aromatic heterocycles. The fourth-order valence-corrected chi connectivity index (χ4v) is 1.74. The molecular weight excluding hydrogens is 282 g/mol. The Kier molecular flexibility index (Phi) is 3.58. The van der Waals surface area contributed by atoms with Crippen LogP contribution in [0.4, 0.5) is 5.82 Å². The highest BCUT2D eigenvalue weighted by Gasteiger charge is 2.09. The van der Waals surface area contributed by atoms with E-state index in [-0.39, 0.29) is 5.91 Å². The standard InChI is InChI=1S/C12H12BrN3O/c1-2-8-7-14-16-11(8)15-12(17)9-3-5-10(13)6-4-9/h3-7H,2H2,1H3,(H2,14,15,16,17). The topological polar surface area (TPSA) is 57.8 Å². The Bertz CT molecular complexity index is 519. The molecule has 0 bridgehead atoms. The van der Waals surface area contributed by atoms with Gasteiger partial charge in [0.1, 0.15) is 5.82 Å². The molecule has 1 amide bonds. The maximum atomic E-state index is 11.9. The van der Waals surface area contributed by atoms with Gasteiger partial charge in [-0.1, -0.05) is 22.9 Å². The van der Waals surface area contributed by atoms with Crippen molar-refractivity contribution in [3.8, 4) is 0 Å². The van der Waals surface area contributed by atoms with Crippen LogP contribution in [0.15, 0.2) is 34.9 Å². The number of benzene rings is 1. The van der Waals surface area contributed by atoms with Gasteiger partial charge in [0, 0.05) is 15.6 Å². The van der Waals surface area contributed by atoms with E-state index in [9.17, 15) is 4.79 Å². The molecule has 4 nitrogen and oxygen atoms in total. The highest BCUT2D eigenvalue weighted by atomic mass is 79.9. The number of aromatic nitrogens is 2. The molecule has 0 atom stereocenters. The van der Waals surface area contributed by atoms with Crippen LogP contribution in [0.2, 0.25) is 0 Å². The number of hydrogen-bond donors (Lipinski definition) is 2. The Morgan fingerprint density at radius 3 is 2.76 bits per heavy atom. The van der Waals surface area contributed by atoms with Crippen molar-refractivity contribution in [1.29, 1.82) is 0 Å². The van der Waals surface area contributed by atoms with E-state index in [1.807, 2.05) is 19.1 Å². The molecule has 0 unspecified atom stereocenters. The molecular formula is C12H12BrN3O. The van der Waals surface area contributed by atoms with Gasteiger partial charge >= 0.3 is 0 Å². The number of rotatable bonds is 3. The molecule has 0 spiro atoms. The zero-order valence-corrected chi connectivity index (χ0v) is 10.9. The van der Waals surface area contributed by atoms with Crippen molar-refractivity contribution < 1.29 is 4.79 Å². The van der Waals surface area contributed by atoms with E-state index in [2.05, 4.69) is 31.4 Å². The van der Waals surface area contributed by atoms with Crippen LogP contribution >= 0.6 is 15.9 Å². The third kappa shape index (κ3) is 2.74. The van der Waals surface area contributed by atoms with Crippen LogP contribution in [-0.4, -0.2) is 16.1 Å². The van der Waals surface area contributed by atoms with Gasteiger partial charge in [-0.2, -0.15) is 5.10 Å². The second-order valence-electron chi connectivity index (χ2n) is 3.58. The summed E-state index contributed by atoms with van der Waals surface area (Å²) in [5.41, 5.74) is 1.61. The van der Waals surface area contributed by atoms with Gasteiger partial charge in [0.2, 0.25) is 0 Å². The first-order chi connectivity index (χ1) is 8.20. The number of H-pyrrole nitrogens is 1. The molecule has 0 aliphatic carbocycles. The van der Waals surface area contributed by atoms with Gasteiger partial charge in [0.15, 0.2) is 0 Å². The number of carbonyl (C=O) groups is 1. The molecule has 5 heteroatoms. The number of halogens is 1. The summed E-state index contributed by atoms with van der Waals surface area (Å²) in [6.07, 6.45) is 2.55. The summed E-state index contributed by atoms with van der Waals surface area (Å²) in [4.78, 5) is 11.9. The minimum atomic E-state index is -0.142. The number of nitrogens with one attached hydrogen (secondary N) is 2. The molecule has 2 rings (SSSR count). The second-order valence-corrected chi connectivity index (χ2v) is 4.50. The van der Waals surface area contributed by atoms with Gasteiger partial charge < -0.3 is 5.32 Å². The zero-order chi connectivity index (χ0) is 12.3. The van der Waals surface area contributed by atoms with Crippen LogP contribution in [0, 0.1) is 0 Å². The van der Waals surface area contributed by atoms with Crippen LogP contribution in [0.3, 0.4) is 0 Å². The molecule has 2 aromatic rings.